The van der Waals surface area contributed by atoms with Crippen LogP contribution >= 0.6 is 0 Å². The van der Waals surface area contributed by atoms with E-state index in [1.165, 1.54) is 4.57 Å². The molecule has 6 heteroatoms. The Morgan fingerprint density at radius 2 is 1.88 bits per heavy atom. The molecule has 6 nitrogen and oxygen atoms in total. The van der Waals surface area contributed by atoms with Gasteiger partial charge in [-0.2, -0.15) is 0 Å². The van der Waals surface area contributed by atoms with Gasteiger partial charge in [-0.05, 0) is 39.5 Å². The molecular formula is C18H30N2O4. The molecule has 24 heavy (non-hydrogen) atoms. The maximum absolute atomic E-state index is 12.1. The summed E-state index contributed by atoms with van der Waals surface area (Å²) in [4.78, 5) is 26.1. The molecule has 1 fully saturated rings. The number of H-pyrrole nitrogens is 1. The number of nitrogens with one attached hydrogen (secondary N) is 1. The van der Waals surface area contributed by atoms with Gasteiger partial charge >= 0.3 is 5.69 Å². The molecule has 1 saturated heterocycles. The van der Waals surface area contributed by atoms with Gasteiger partial charge in [0.15, 0.2) is 0 Å². The highest BCUT2D eigenvalue weighted by molar-refractivity contribution is 5.02. The summed E-state index contributed by atoms with van der Waals surface area (Å²) in [5.74, 6) is 0. The van der Waals surface area contributed by atoms with E-state index < -0.39 is 11.9 Å². The number of aromatic amines is 1. The second-order valence-corrected chi connectivity index (χ2v) is 8.88. The third kappa shape index (κ3) is 4.80. The van der Waals surface area contributed by atoms with Crippen LogP contribution < -0.4 is 11.2 Å². The first kappa shape index (κ1) is 18.9. The summed E-state index contributed by atoms with van der Waals surface area (Å²) < 4.78 is 13.8. The quantitative estimate of drug-likeness (QED) is 0.920. The molecule has 1 aliphatic rings. The highest BCUT2D eigenvalue weighted by Gasteiger charge is 2.41. The molecule has 0 aliphatic carbocycles. The van der Waals surface area contributed by atoms with Crippen LogP contribution in [-0.2, 0) is 9.47 Å². The zero-order valence-electron chi connectivity index (χ0n) is 15.8. The maximum atomic E-state index is 12.1. The van der Waals surface area contributed by atoms with Crippen LogP contribution in [0.4, 0.5) is 0 Å². The Balaban J connectivity index is 2.29. The second kappa shape index (κ2) is 6.48. The van der Waals surface area contributed by atoms with E-state index in [0.29, 0.717) is 12.0 Å². The minimum Gasteiger partial charge on any atom is -0.370 e. The SMILES string of the molecule is Cc1cn([C@H]2CC(OC(C)(C)C)[C@@H](CC(C)(C)C)O2)c(=O)[nH]c1=O. The number of rotatable bonds is 3. The minimum atomic E-state index is -0.443. The number of hydrogen-bond acceptors (Lipinski definition) is 4. The molecule has 1 aromatic heterocycles. The number of ether oxygens (including phenoxy) is 2. The lowest BCUT2D eigenvalue weighted by Crippen LogP contribution is -2.35. The molecule has 0 saturated carbocycles. The van der Waals surface area contributed by atoms with Crippen LogP contribution in [0.1, 0.15) is 66.2 Å². The van der Waals surface area contributed by atoms with Gasteiger partial charge in [-0.15, -0.1) is 0 Å². The number of hydrogen-bond donors (Lipinski definition) is 1. The van der Waals surface area contributed by atoms with Crippen LogP contribution in [0.3, 0.4) is 0 Å². The lowest BCUT2D eigenvalue weighted by molar-refractivity contribution is -0.102. The van der Waals surface area contributed by atoms with Crippen molar-refractivity contribution in [1.29, 1.82) is 0 Å². The van der Waals surface area contributed by atoms with Crippen LogP contribution in [0.25, 0.3) is 0 Å². The van der Waals surface area contributed by atoms with Gasteiger partial charge in [-0.1, -0.05) is 20.8 Å². The van der Waals surface area contributed by atoms with Crippen molar-refractivity contribution >= 4 is 0 Å². The van der Waals surface area contributed by atoms with E-state index in [9.17, 15) is 9.59 Å². The van der Waals surface area contributed by atoms with Crippen LogP contribution in [0, 0.1) is 12.3 Å². The zero-order chi connectivity index (χ0) is 18.3. The molecule has 3 atom stereocenters. The highest BCUT2D eigenvalue weighted by atomic mass is 16.6. The zero-order valence-corrected chi connectivity index (χ0v) is 15.8. The van der Waals surface area contributed by atoms with E-state index in [1.54, 1.807) is 13.1 Å². The van der Waals surface area contributed by atoms with Crippen LogP contribution in [0.15, 0.2) is 15.8 Å². The Morgan fingerprint density at radius 3 is 2.42 bits per heavy atom. The largest absolute Gasteiger partial charge is 0.370 e. The summed E-state index contributed by atoms with van der Waals surface area (Å²) in [5.41, 5.74) is -0.508. The predicted molar refractivity (Wildman–Crippen MR) is 93.3 cm³/mol. The van der Waals surface area contributed by atoms with Gasteiger partial charge in [-0.3, -0.25) is 14.3 Å². The standard InChI is InChI=1S/C18H30N2O4/c1-11-10-20(16(22)19-15(11)21)14-8-12(24-18(5,6)7)13(23-14)9-17(2,3)4/h10,12-14H,8-9H2,1-7H3,(H,19,21,22)/t12?,13-,14-/m1/s1. The van der Waals surface area contributed by atoms with Crippen LogP contribution in [-0.4, -0.2) is 27.4 Å². The van der Waals surface area contributed by atoms with Gasteiger partial charge in [0.25, 0.3) is 5.56 Å². The average molecular weight is 338 g/mol. The maximum Gasteiger partial charge on any atom is 0.330 e. The third-order valence-electron chi connectivity index (χ3n) is 3.96. The molecule has 2 rings (SSSR count). The first-order valence-corrected chi connectivity index (χ1v) is 8.51. The Morgan fingerprint density at radius 1 is 1.25 bits per heavy atom. The summed E-state index contributed by atoms with van der Waals surface area (Å²) in [7, 11) is 0. The number of aromatic nitrogens is 2. The molecule has 0 aromatic carbocycles. The summed E-state index contributed by atoms with van der Waals surface area (Å²) in [6.07, 6.45) is 2.39. The first-order chi connectivity index (χ1) is 10.9. The van der Waals surface area contributed by atoms with Gasteiger partial charge in [0.1, 0.15) is 6.23 Å². The predicted octanol–water partition coefficient (Wildman–Crippen LogP) is 2.75. The summed E-state index contributed by atoms with van der Waals surface area (Å²) in [5, 5.41) is 0. The monoisotopic (exact) mass is 338 g/mol. The van der Waals surface area contributed by atoms with Crippen LogP contribution in [0.2, 0.25) is 0 Å². The molecule has 1 aromatic rings. The average Bonchev–Trinajstić information content (AvgIpc) is 2.72. The van der Waals surface area contributed by atoms with Crippen molar-refractivity contribution in [2.24, 2.45) is 5.41 Å². The molecule has 136 valence electrons. The normalized spacial score (nSPS) is 25.2. The number of aryl methyl sites for hydroxylation is 1. The van der Waals surface area contributed by atoms with Gasteiger partial charge < -0.3 is 9.47 Å². The van der Waals surface area contributed by atoms with Crippen molar-refractivity contribution in [2.45, 2.75) is 85.3 Å². The van der Waals surface area contributed by atoms with Crippen molar-refractivity contribution < 1.29 is 9.47 Å². The van der Waals surface area contributed by atoms with Crippen molar-refractivity contribution in [1.82, 2.24) is 9.55 Å². The van der Waals surface area contributed by atoms with E-state index in [4.69, 9.17) is 9.47 Å². The smallest absolute Gasteiger partial charge is 0.330 e. The van der Waals surface area contributed by atoms with Crippen molar-refractivity contribution in [2.75, 3.05) is 0 Å². The topological polar surface area (TPSA) is 73.3 Å². The van der Waals surface area contributed by atoms with E-state index >= 15 is 0 Å². The van der Waals surface area contributed by atoms with E-state index in [1.807, 2.05) is 20.8 Å². The Bertz CT molecular complexity index is 667. The molecular weight excluding hydrogens is 308 g/mol. The first-order valence-electron chi connectivity index (χ1n) is 8.51. The summed E-state index contributed by atoms with van der Waals surface area (Å²) >= 11 is 0. The summed E-state index contributed by atoms with van der Waals surface area (Å²) in [6, 6.07) is 0. The number of nitrogens with zero attached hydrogens (tertiary/aromatic N) is 1. The molecule has 1 unspecified atom stereocenters. The van der Waals surface area contributed by atoms with E-state index in [0.717, 1.165) is 6.42 Å². The molecule has 0 spiro atoms. The summed E-state index contributed by atoms with van der Waals surface area (Å²) in [6.45, 7) is 14.2. The van der Waals surface area contributed by atoms with Crippen molar-refractivity contribution in [3.05, 3.63) is 32.6 Å². The Hall–Kier alpha value is -1.40. The molecule has 1 aliphatic heterocycles. The Labute approximate surface area is 143 Å². The third-order valence-corrected chi connectivity index (χ3v) is 3.96. The Kier molecular flexibility index (Phi) is 5.11. The second-order valence-electron chi connectivity index (χ2n) is 8.88. The molecule has 0 bridgehead atoms. The molecule has 2 heterocycles. The van der Waals surface area contributed by atoms with Crippen molar-refractivity contribution in [3.8, 4) is 0 Å². The van der Waals surface area contributed by atoms with Gasteiger partial charge in [0, 0.05) is 18.2 Å². The fourth-order valence-electron chi connectivity index (χ4n) is 3.04. The lowest BCUT2D eigenvalue weighted by Gasteiger charge is -2.31. The van der Waals surface area contributed by atoms with E-state index in [-0.39, 0.29) is 28.8 Å². The van der Waals surface area contributed by atoms with Gasteiger partial charge in [0.2, 0.25) is 0 Å². The molecule has 0 amide bonds. The fraction of sp³-hybridized carbons (Fsp3) is 0.778. The highest BCUT2D eigenvalue weighted by Crippen LogP contribution is 2.37. The molecule has 0 radical (unpaired) electrons. The minimum absolute atomic E-state index is 0.0882. The molecule has 1 N–H and O–H groups in total. The van der Waals surface area contributed by atoms with E-state index in [2.05, 4.69) is 25.8 Å². The van der Waals surface area contributed by atoms with Gasteiger partial charge in [-0.25, -0.2) is 4.79 Å². The van der Waals surface area contributed by atoms with Crippen LogP contribution in [0.5, 0.6) is 0 Å². The fourth-order valence-corrected chi connectivity index (χ4v) is 3.04. The van der Waals surface area contributed by atoms with Gasteiger partial charge in [0.05, 0.1) is 17.8 Å². The van der Waals surface area contributed by atoms with Crippen molar-refractivity contribution in [3.63, 3.8) is 0 Å². The lowest BCUT2D eigenvalue weighted by atomic mass is 9.87.